The summed E-state index contributed by atoms with van der Waals surface area (Å²) < 4.78 is 13.2. The van der Waals surface area contributed by atoms with Crippen LogP contribution in [0, 0.1) is 11.3 Å². The van der Waals surface area contributed by atoms with Crippen molar-refractivity contribution < 1.29 is 9.47 Å². The maximum atomic E-state index is 9.04. The van der Waals surface area contributed by atoms with Gasteiger partial charge >= 0.3 is 0 Å². The summed E-state index contributed by atoms with van der Waals surface area (Å²) in [6, 6.07) is 16.0. The fourth-order valence-corrected chi connectivity index (χ4v) is 2.27. The molecule has 1 aliphatic heterocycles. The van der Waals surface area contributed by atoms with E-state index >= 15 is 0 Å². The molecular formula is C17H16N2O2. The van der Waals surface area contributed by atoms with Crippen molar-refractivity contribution in [2.24, 2.45) is 0 Å². The van der Waals surface area contributed by atoms with Crippen LogP contribution in [0.25, 0.3) is 6.20 Å². The molecule has 0 saturated heterocycles. The Morgan fingerprint density at radius 2 is 2.05 bits per heavy atom. The van der Waals surface area contributed by atoms with Crippen LogP contribution in [0.15, 0.2) is 48.2 Å². The van der Waals surface area contributed by atoms with Gasteiger partial charge < -0.3 is 14.0 Å². The highest BCUT2D eigenvalue weighted by atomic mass is 16.5. The summed E-state index contributed by atoms with van der Waals surface area (Å²) in [5, 5.41) is 9.04. The lowest BCUT2D eigenvalue weighted by Gasteiger charge is -2.18. The largest absolute Gasteiger partial charge is 0.490 e. The zero-order chi connectivity index (χ0) is 14.5. The lowest BCUT2D eigenvalue weighted by Crippen LogP contribution is -2.10. The Morgan fingerprint density at radius 3 is 2.86 bits per heavy atom. The molecule has 106 valence electrons. The van der Waals surface area contributed by atoms with Gasteiger partial charge in [-0.05, 0) is 17.7 Å². The summed E-state index contributed by atoms with van der Waals surface area (Å²) >= 11 is 0. The van der Waals surface area contributed by atoms with E-state index in [1.54, 1.807) is 0 Å². The van der Waals surface area contributed by atoms with E-state index in [0.29, 0.717) is 31.9 Å². The van der Waals surface area contributed by atoms with Gasteiger partial charge in [-0.2, -0.15) is 5.26 Å². The van der Waals surface area contributed by atoms with E-state index in [-0.39, 0.29) is 0 Å². The Balaban J connectivity index is 1.53. The molecule has 21 heavy (non-hydrogen) atoms. The lowest BCUT2D eigenvalue weighted by molar-refractivity contribution is 0.101. The Kier molecular flexibility index (Phi) is 4.04. The van der Waals surface area contributed by atoms with Crippen LogP contribution in [-0.2, 0) is 22.7 Å². The smallest absolute Gasteiger partial charge is 0.128 e. The molecule has 0 unspecified atom stereocenters. The number of benzene rings is 1. The van der Waals surface area contributed by atoms with Crippen molar-refractivity contribution in [3.05, 3.63) is 65.2 Å². The summed E-state index contributed by atoms with van der Waals surface area (Å²) in [7, 11) is 0. The molecule has 2 aromatic rings. The highest BCUT2D eigenvalue weighted by molar-refractivity contribution is 5.42. The number of aromatic nitrogens is 1. The molecule has 3 rings (SSSR count). The third-order valence-corrected chi connectivity index (χ3v) is 3.40. The maximum Gasteiger partial charge on any atom is 0.128 e. The first-order chi connectivity index (χ1) is 10.4. The minimum Gasteiger partial charge on any atom is -0.490 e. The third-order valence-electron chi connectivity index (χ3n) is 3.40. The van der Waals surface area contributed by atoms with Crippen molar-refractivity contribution in [1.29, 1.82) is 5.26 Å². The van der Waals surface area contributed by atoms with Crippen LogP contribution in [0.5, 0.6) is 0 Å². The van der Waals surface area contributed by atoms with Gasteiger partial charge in [-0.3, -0.25) is 0 Å². The monoisotopic (exact) mass is 280 g/mol. The first-order valence-corrected chi connectivity index (χ1v) is 6.92. The molecule has 1 aliphatic rings. The molecule has 0 aliphatic carbocycles. The molecule has 0 saturated carbocycles. The fourth-order valence-electron chi connectivity index (χ4n) is 2.27. The molecule has 0 fully saturated rings. The van der Waals surface area contributed by atoms with Gasteiger partial charge in [-0.25, -0.2) is 0 Å². The van der Waals surface area contributed by atoms with Crippen molar-refractivity contribution in [3.63, 3.8) is 0 Å². The Morgan fingerprint density at radius 1 is 1.19 bits per heavy atom. The maximum absolute atomic E-state index is 9.04. The Hall–Kier alpha value is -2.51. The van der Waals surface area contributed by atoms with E-state index in [1.807, 2.05) is 53.2 Å². The normalized spacial score (nSPS) is 13.0. The van der Waals surface area contributed by atoms with Gasteiger partial charge in [0.1, 0.15) is 24.1 Å². The Bertz CT molecular complexity index is 681. The standard InChI is InChI=1S/C17H16N2O2/c18-10-15-6-7-16-13-21-17(11-19(15)16)8-9-20-12-14-4-2-1-3-5-14/h1-7,11H,8-9,12-13H2. The van der Waals surface area contributed by atoms with Crippen LogP contribution in [-0.4, -0.2) is 11.2 Å². The predicted octanol–water partition coefficient (Wildman–Crippen LogP) is 3.30. The first-order valence-electron chi connectivity index (χ1n) is 6.92. The molecule has 1 aromatic carbocycles. The zero-order valence-electron chi connectivity index (χ0n) is 11.7. The van der Waals surface area contributed by atoms with Gasteiger partial charge in [-0.15, -0.1) is 0 Å². The summed E-state index contributed by atoms with van der Waals surface area (Å²) in [6.07, 6.45) is 2.58. The number of nitriles is 1. The van der Waals surface area contributed by atoms with Crippen LogP contribution in [0.3, 0.4) is 0 Å². The molecule has 0 atom stereocenters. The van der Waals surface area contributed by atoms with E-state index in [1.165, 1.54) is 0 Å². The average Bonchev–Trinajstić information content (AvgIpc) is 2.95. The highest BCUT2D eigenvalue weighted by Gasteiger charge is 2.13. The van der Waals surface area contributed by atoms with Crippen molar-refractivity contribution in [1.82, 2.24) is 4.57 Å². The molecule has 1 aromatic heterocycles. The SMILES string of the molecule is N#Cc1ccc2n1C=C(CCOCc1ccccc1)OC2. The molecule has 2 heterocycles. The molecule has 0 spiro atoms. The first kappa shape index (κ1) is 13.5. The van der Waals surface area contributed by atoms with Crippen molar-refractivity contribution in [2.45, 2.75) is 19.6 Å². The summed E-state index contributed by atoms with van der Waals surface area (Å²) in [5.74, 6) is 0.850. The minimum atomic E-state index is 0.506. The zero-order valence-corrected chi connectivity index (χ0v) is 11.7. The number of hydrogen-bond donors (Lipinski definition) is 0. The van der Waals surface area contributed by atoms with E-state index < -0.39 is 0 Å². The molecule has 0 bridgehead atoms. The second-order valence-electron chi connectivity index (χ2n) is 4.86. The highest BCUT2D eigenvalue weighted by Crippen LogP contribution is 2.21. The second kappa shape index (κ2) is 6.29. The van der Waals surface area contributed by atoms with Crippen molar-refractivity contribution in [2.75, 3.05) is 6.61 Å². The number of hydrogen-bond acceptors (Lipinski definition) is 3. The average molecular weight is 280 g/mol. The lowest BCUT2D eigenvalue weighted by atomic mass is 10.2. The molecule has 0 amide bonds. The number of ether oxygens (including phenoxy) is 2. The molecule has 0 N–H and O–H groups in total. The Labute approximate surface area is 123 Å². The minimum absolute atomic E-state index is 0.506. The van der Waals surface area contributed by atoms with E-state index in [2.05, 4.69) is 6.07 Å². The predicted molar refractivity (Wildman–Crippen MR) is 78.9 cm³/mol. The second-order valence-corrected chi connectivity index (χ2v) is 4.86. The van der Waals surface area contributed by atoms with Crippen molar-refractivity contribution in [3.8, 4) is 6.07 Å². The molecule has 4 heteroatoms. The van der Waals surface area contributed by atoms with Crippen LogP contribution < -0.4 is 0 Å². The van der Waals surface area contributed by atoms with Crippen LogP contribution >= 0.6 is 0 Å². The summed E-state index contributed by atoms with van der Waals surface area (Å²) in [5.41, 5.74) is 2.80. The van der Waals surface area contributed by atoms with E-state index in [9.17, 15) is 0 Å². The van der Waals surface area contributed by atoms with Gasteiger partial charge in [0.25, 0.3) is 0 Å². The quantitative estimate of drug-likeness (QED) is 0.789. The molecular weight excluding hydrogens is 264 g/mol. The molecule has 4 nitrogen and oxygen atoms in total. The van der Waals surface area contributed by atoms with Gasteiger partial charge in [0.2, 0.25) is 0 Å². The summed E-state index contributed by atoms with van der Waals surface area (Å²) in [6.45, 7) is 1.71. The van der Waals surface area contributed by atoms with Gasteiger partial charge in [0.15, 0.2) is 0 Å². The molecule has 0 radical (unpaired) electrons. The van der Waals surface area contributed by atoms with Crippen molar-refractivity contribution >= 4 is 6.20 Å². The van der Waals surface area contributed by atoms with Gasteiger partial charge in [0, 0.05) is 12.6 Å². The van der Waals surface area contributed by atoms with Crippen LogP contribution in [0.4, 0.5) is 0 Å². The van der Waals surface area contributed by atoms with E-state index in [4.69, 9.17) is 14.7 Å². The number of rotatable bonds is 5. The van der Waals surface area contributed by atoms with Crippen LogP contribution in [0.1, 0.15) is 23.4 Å². The fraction of sp³-hybridized carbons (Fsp3) is 0.235. The number of fused-ring (bicyclic) bond motifs is 1. The van der Waals surface area contributed by atoms with Crippen LogP contribution in [0.2, 0.25) is 0 Å². The third kappa shape index (κ3) is 3.15. The number of nitrogens with zero attached hydrogens (tertiary/aromatic N) is 2. The van der Waals surface area contributed by atoms with Gasteiger partial charge in [-0.1, -0.05) is 30.3 Å². The topological polar surface area (TPSA) is 47.2 Å². The van der Waals surface area contributed by atoms with Gasteiger partial charge in [0.05, 0.1) is 18.9 Å². The van der Waals surface area contributed by atoms with E-state index in [0.717, 1.165) is 17.0 Å². The summed E-state index contributed by atoms with van der Waals surface area (Å²) in [4.78, 5) is 0.